The van der Waals surface area contributed by atoms with Crippen molar-refractivity contribution < 1.29 is 4.79 Å². The van der Waals surface area contributed by atoms with E-state index in [1.165, 1.54) is 0 Å². The third-order valence-electron chi connectivity index (χ3n) is 2.87. The topological polar surface area (TPSA) is 33.2 Å². The van der Waals surface area contributed by atoms with Gasteiger partial charge in [-0.15, -0.1) is 0 Å². The van der Waals surface area contributed by atoms with Crippen LogP contribution in [-0.4, -0.2) is 35.8 Å². The van der Waals surface area contributed by atoms with E-state index in [2.05, 4.69) is 23.0 Å². The Kier molecular flexibility index (Phi) is 6.48. The Bertz CT molecular complexity index is 324. The number of carbonyl (C=O) groups is 1. The average molecular weight is 234 g/mol. The first-order chi connectivity index (χ1) is 8.22. The SMILES string of the molecule is CCC(=O)CCCN(C)CCc1ccccn1. The van der Waals surface area contributed by atoms with E-state index in [-0.39, 0.29) is 0 Å². The minimum atomic E-state index is 0.364. The Morgan fingerprint density at radius 1 is 1.35 bits per heavy atom. The van der Waals surface area contributed by atoms with E-state index in [9.17, 15) is 4.79 Å². The van der Waals surface area contributed by atoms with Gasteiger partial charge in [-0.25, -0.2) is 0 Å². The Morgan fingerprint density at radius 3 is 2.82 bits per heavy atom. The lowest BCUT2D eigenvalue weighted by atomic mass is 10.2. The van der Waals surface area contributed by atoms with Crippen molar-refractivity contribution in [1.29, 1.82) is 0 Å². The van der Waals surface area contributed by atoms with Crippen LogP contribution in [0.5, 0.6) is 0 Å². The van der Waals surface area contributed by atoms with E-state index < -0.39 is 0 Å². The van der Waals surface area contributed by atoms with Gasteiger partial charge in [0.25, 0.3) is 0 Å². The molecule has 0 N–H and O–H groups in total. The number of pyridine rings is 1. The van der Waals surface area contributed by atoms with Crippen molar-refractivity contribution in [3.8, 4) is 0 Å². The van der Waals surface area contributed by atoms with E-state index in [0.717, 1.165) is 31.6 Å². The third kappa shape index (κ3) is 6.17. The van der Waals surface area contributed by atoms with Gasteiger partial charge in [0.15, 0.2) is 0 Å². The fraction of sp³-hybridized carbons (Fsp3) is 0.571. The fourth-order valence-electron chi connectivity index (χ4n) is 1.69. The van der Waals surface area contributed by atoms with E-state index in [0.29, 0.717) is 18.6 Å². The molecule has 0 saturated heterocycles. The maximum atomic E-state index is 11.1. The zero-order chi connectivity index (χ0) is 12.5. The van der Waals surface area contributed by atoms with Gasteiger partial charge in [0.2, 0.25) is 0 Å². The lowest BCUT2D eigenvalue weighted by molar-refractivity contribution is -0.118. The molecular weight excluding hydrogens is 212 g/mol. The molecule has 1 heterocycles. The monoisotopic (exact) mass is 234 g/mol. The number of Topliss-reactive ketones (excluding diaryl/α,β-unsaturated/α-hetero) is 1. The summed E-state index contributed by atoms with van der Waals surface area (Å²) in [6.45, 7) is 3.91. The van der Waals surface area contributed by atoms with Gasteiger partial charge < -0.3 is 4.90 Å². The predicted molar refractivity (Wildman–Crippen MR) is 70.0 cm³/mol. The summed E-state index contributed by atoms with van der Waals surface area (Å²) in [6, 6.07) is 6.00. The molecule has 0 aliphatic heterocycles. The van der Waals surface area contributed by atoms with Crippen molar-refractivity contribution in [1.82, 2.24) is 9.88 Å². The number of hydrogen-bond acceptors (Lipinski definition) is 3. The summed E-state index contributed by atoms with van der Waals surface area (Å²) in [5.41, 5.74) is 1.13. The highest BCUT2D eigenvalue weighted by molar-refractivity contribution is 5.77. The molecule has 0 radical (unpaired) electrons. The summed E-state index contributed by atoms with van der Waals surface area (Å²) >= 11 is 0. The maximum Gasteiger partial charge on any atom is 0.132 e. The van der Waals surface area contributed by atoms with Crippen molar-refractivity contribution in [3.63, 3.8) is 0 Å². The Labute approximate surface area is 104 Å². The normalized spacial score (nSPS) is 10.8. The zero-order valence-corrected chi connectivity index (χ0v) is 10.9. The number of aromatic nitrogens is 1. The molecule has 3 heteroatoms. The first-order valence-corrected chi connectivity index (χ1v) is 6.32. The molecule has 1 aromatic rings. The molecule has 0 amide bonds. The van der Waals surface area contributed by atoms with Crippen LogP contribution in [0.1, 0.15) is 31.9 Å². The zero-order valence-electron chi connectivity index (χ0n) is 10.9. The summed E-state index contributed by atoms with van der Waals surface area (Å²) in [7, 11) is 2.10. The van der Waals surface area contributed by atoms with E-state index in [1.807, 2.05) is 25.3 Å². The molecule has 17 heavy (non-hydrogen) atoms. The van der Waals surface area contributed by atoms with E-state index in [4.69, 9.17) is 0 Å². The third-order valence-corrected chi connectivity index (χ3v) is 2.87. The van der Waals surface area contributed by atoms with Crippen LogP contribution < -0.4 is 0 Å². The molecular formula is C14H22N2O. The van der Waals surface area contributed by atoms with Gasteiger partial charge in [0.1, 0.15) is 5.78 Å². The second-order valence-corrected chi connectivity index (χ2v) is 4.37. The summed E-state index contributed by atoms with van der Waals surface area (Å²) in [5, 5.41) is 0. The molecule has 3 nitrogen and oxygen atoms in total. The number of carbonyl (C=O) groups excluding carboxylic acids is 1. The standard InChI is InChI=1S/C14H22N2O/c1-3-14(17)8-6-11-16(2)12-9-13-7-4-5-10-15-13/h4-5,7,10H,3,6,8-9,11-12H2,1-2H3. The molecule has 1 aromatic heterocycles. The lowest BCUT2D eigenvalue weighted by Gasteiger charge is -2.15. The summed E-state index contributed by atoms with van der Waals surface area (Å²) in [4.78, 5) is 17.7. The summed E-state index contributed by atoms with van der Waals surface area (Å²) < 4.78 is 0. The van der Waals surface area contributed by atoms with Crippen LogP contribution in [0.15, 0.2) is 24.4 Å². The molecule has 0 spiro atoms. The van der Waals surface area contributed by atoms with Crippen molar-refractivity contribution in [3.05, 3.63) is 30.1 Å². The molecule has 0 fully saturated rings. The number of hydrogen-bond donors (Lipinski definition) is 0. The molecule has 0 aliphatic rings. The van der Waals surface area contributed by atoms with Gasteiger partial charge in [0.05, 0.1) is 0 Å². The first-order valence-electron chi connectivity index (χ1n) is 6.32. The predicted octanol–water partition coefficient (Wildman–Crippen LogP) is 2.32. The second kappa shape index (κ2) is 7.96. The smallest absolute Gasteiger partial charge is 0.132 e. The van der Waals surface area contributed by atoms with Gasteiger partial charge in [0, 0.05) is 37.7 Å². The van der Waals surface area contributed by atoms with Gasteiger partial charge in [-0.05, 0) is 32.1 Å². The maximum absolute atomic E-state index is 11.1. The van der Waals surface area contributed by atoms with Crippen molar-refractivity contribution in [2.75, 3.05) is 20.1 Å². The molecule has 1 rings (SSSR count). The highest BCUT2D eigenvalue weighted by Crippen LogP contribution is 2.00. The number of nitrogens with zero attached hydrogens (tertiary/aromatic N) is 2. The average Bonchev–Trinajstić information content (AvgIpc) is 2.37. The molecule has 0 unspecified atom stereocenters. The Hall–Kier alpha value is -1.22. The number of rotatable bonds is 8. The van der Waals surface area contributed by atoms with Crippen LogP contribution in [-0.2, 0) is 11.2 Å². The van der Waals surface area contributed by atoms with Crippen LogP contribution >= 0.6 is 0 Å². The quantitative estimate of drug-likeness (QED) is 0.692. The van der Waals surface area contributed by atoms with Gasteiger partial charge in [-0.3, -0.25) is 9.78 Å². The molecule has 94 valence electrons. The number of ketones is 1. The highest BCUT2D eigenvalue weighted by atomic mass is 16.1. The molecule has 0 aliphatic carbocycles. The van der Waals surface area contributed by atoms with Crippen molar-refractivity contribution in [2.45, 2.75) is 32.6 Å². The van der Waals surface area contributed by atoms with Gasteiger partial charge >= 0.3 is 0 Å². The molecule has 0 bridgehead atoms. The van der Waals surface area contributed by atoms with Crippen LogP contribution in [0.3, 0.4) is 0 Å². The lowest BCUT2D eigenvalue weighted by Crippen LogP contribution is -2.23. The van der Waals surface area contributed by atoms with Crippen LogP contribution in [0.4, 0.5) is 0 Å². The van der Waals surface area contributed by atoms with Crippen LogP contribution in [0, 0.1) is 0 Å². The number of likely N-dealkylation sites (N-methyl/N-ethyl adjacent to an activating group) is 1. The first kappa shape index (κ1) is 13.8. The molecule has 0 saturated carbocycles. The van der Waals surface area contributed by atoms with Crippen molar-refractivity contribution >= 4 is 5.78 Å². The Balaban J connectivity index is 2.13. The molecule has 0 aromatic carbocycles. The largest absolute Gasteiger partial charge is 0.306 e. The van der Waals surface area contributed by atoms with Crippen LogP contribution in [0.25, 0.3) is 0 Å². The minimum absolute atomic E-state index is 0.364. The molecule has 0 atom stereocenters. The fourth-order valence-corrected chi connectivity index (χ4v) is 1.69. The van der Waals surface area contributed by atoms with E-state index in [1.54, 1.807) is 0 Å². The Morgan fingerprint density at radius 2 is 2.18 bits per heavy atom. The van der Waals surface area contributed by atoms with Gasteiger partial charge in [-0.1, -0.05) is 13.0 Å². The van der Waals surface area contributed by atoms with Crippen molar-refractivity contribution in [2.24, 2.45) is 0 Å². The summed E-state index contributed by atoms with van der Waals surface area (Å²) in [6.07, 6.45) is 5.14. The second-order valence-electron chi connectivity index (χ2n) is 4.37. The van der Waals surface area contributed by atoms with Gasteiger partial charge in [-0.2, -0.15) is 0 Å². The van der Waals surface area contributed by atoms with Crippen LogP contribution in [0.2, 0.25) is 0 Å². The minimum Gasteiger partial charge on any atom is -0.306 e. The van der Waals surface area contributed by atoms with E-state index >= 15 is 0 Å². The highest BCUT2D eigenvalue weighted by Gasteiger charge is 2.02. The summed E-state index contributed by atoms with van der Waals surface area (Å²) in [5.74, 6) is 0.364.